The molecule has 2 rings (SSSR count). The van der Waals surface area contributed by atoms with Gasteiger partial charge in [0.05, 0.1) is 0 Å². The van der Waals surface area contributed by atoms with Gasteiger partial charge in [-0.15, -0.1) is 11.3 Å². The Balaban J connectivity index is 1.81. The zero-order valence-corrected chi connectivity index (χ0v) is 9.66. The van der Waals surface area contributed by atoms with Gasteiger partial charge in [0, 0.05) is 27.1 Å². The summed E-state index contributed by atoms with van der Waals surface area (Å²) in [4.78, 5) is 12.7. The minimum Gasteiger partial charge on any atom is -0.299 e. The molecule has 1 heterocycles. The van der Waals surface area contributed by atoms with Gasteiger partial charge in [-0.2, -0.15) is 0 Å². The van der Waals surface area contributed by atoms with E-state index in [9.17, 15) is 4.79 Å². The molecule has 0 spiro atoms. The lowest BCUT2D eigenvalue weighted by molar-refractivity contribution is -0.120. The van der Waals surface area contributed by atoms with E-state index in [-0.39, 0.29) is 0 Å². The van der Waals surface area contributed by atoms with Gasteiger partial charge in [0.1, 0.15) is 5.78 Å². The maximum atomic E-state index is 11.4. The number of halogens is 1. The van der Waals surface area contributed by atoms with Gasteiger partial charge in [-0.25, -0.2) is 0 Å². The Morgan fingerprint density at radius 1 is 1.62 bits per heavy atom. The van der Waals surface area contributed by atoms with Crippen LogP contribution < -0.4 is 0 Å². The smallest absolute Gasteiger partial charge is 0.136 e. The molecule has 0 aliphatic heterocycles. The lowest BCUT2D eigenvalue weighted by atomic mass is 10.1. The Morgan fingerprint density at radius 2 is 2.38 bits per heavy atom. The van der Waals surface area contributed by atoms with Crippen molar-refractivity contribution in [2.24, 2.45) is 5.92 Å². The van der Waals surface area contributed by atoms with Gasteiger partial charge in [0.2, 0.25) is 0 Å². The second kappa shape index (κ2) is 3.93. The van der Waals surface area contributed by atoms with E-state index >= 15 is 0 Å². The first-order valence-corrected chi connectivity index (χ1v) is 6.18. The molecule has 3 heteroatoms. The van der Waals surface area contributed by atoms with Crippen LogP contribution in [0, 0.1) is 5.92 Å². The van der Waals surface area contributed by atoms with Crippen LogP contribution in [0.15, 0.2) is 15.9 Å². The fraction of sp³-hybridized carbons (Fsp3) is 0.500. The van der Waals surface area contributed by atoms with Crippen LogP contribution >= 0.6 is 27.3 Å². The van der Waals surface area contributed by atoms with Crippen molar-refractivity contribution in [1.82, 2.24) is 0 Å². The minimum atomic E-state index is 0.420. The summed E-state index contributed by atoms with van der Waals surface area (Å²) in [6.07, 6.45) is 3.92. The summed E-state index contributed by atoms with van der Waals surface area (Å²) in [7, 11) is 0. The van der Waals surface area contributed by atoms with Crippen molar-refractivity contribution in [2.45, 2.75) is 25.7 Å². The first-order chi connectivity index (χ1) is 6.25. The van der Waals surface area contributed by atoms with Crippen molar-refractivity contribution in [3.8, 4) is 0 Å². The number of ketones is 1. The largest absolute Gasteiger partial charge is 0.299 e. The average molecular weight is 259 g/mol. The van der Waals surface area contributed by atoms with Crippen LogP contribution in [0.25, 0.3) is 0 Å². The first kappa shape index (κ1) is 9.41. The predicted octanol–water partition coefficient (Wildman–Crippen LogP) is 3.42. The second-order valence-electron chi connectivity index (χ2n) is 3.47. The Kier molecular flexibility index (Phi) is 2.84. The summed E-state index contributed by atoms with van der Waals surface area (Å²) in [5.74, 6) is 0.882. The third kappa shape index (κ3) is 2.64. The van der Waals surface area contributed by atoms with Crippen molar-refractivity contribution in [3.05, 3.63) is 20.8 Å². The molecule has 13 heavy (non-hydrogen) atoms. The number of thiophene rings is 1. The lowest BCUT2D eigenvalue weighted by Gasteiger charge is -1.95. The number of Topliss-reactive ketones (excluding diaryl/α,β-unsaturated/α-hetero) is 1. The van der Waals surface area contributed by atoms with Crippen molar-refractivity contribution in [2.75, 3.05) is 0 Å². The highest BCUT2D eigenvalue weighted by atomic mass is 79.9. The van der Waals surface area contributed by atoms with Crippen LogP contribution in [0.1, 0.15) is 24.1 Å². The zero-order chi connectivity index (χ0) is 9.26. The maximum absolute atomic E-state index is 11.4. The molecule has 0 saturated heterocycles. The molecule has 0 aromatic carbocycles. The Labute approximate surface area is 90.3 Å². The number of hydrogen-bond donors (Lipinski definition) is 0. The van der Waals surface area contributed by atoms with Crippen molar-refractivity contribution < 1.29 is 4.79 Å². The first-order valence-electron chi connectivity index (χ1n) is 4.51. The summed E-state index contributed by atoms with van der Waals surface area (Å²) in [5, 5.41) is 2.07. The van der Waals surface area contributed by atoms with Gasteiger partial charge < -0.3 is 0 Å². The summed E-state index contributed by atoms with van der Waals surface area (Å²) >= 11 is 5.13. The Bertz CT molecular complexity index is 314. The quantitative estimate of drug-likeness (QED) is 0.809. The molecule has 1 nitrogen and oxygen atoms in total. The van der Waals surface area contributed by atoms with Crippen molar-refractivity contribution >= 4 is 33.0 Å². The van der Waals surface area contributed by atoms with Crippen molar-refractivity contribution in [1.29, 1.82) is 0 Å². The van der Waals surface area contributed by atoms with E-state index in [2.05, 4.69) is 27.4 Å². The normalized spacial score (nSPS) is 16.1. The van der Waals surface area contributed by atoms with E-state index in [1.807, 2.05) is 0 Å². The molecular weight excluding hydrogens is 248 g/mol. The van der Waals surface area contributed by atoms with Crippen molar-refractivity contribution in [3.63, 3.8) is 0 Å². The molecule has 1 saturated carbocycles. The summed E-state index contributed by atoms with van der Waals surface area (Å²) in [6.45, 7) is 0. The molecule has 1 aromatic rings. The number of carbonyl (C=O) groups excluding carboxylic acids is 1. The molecule has 0 amide bonds. The number of rotatable bonds is 4. The van der Waals surface area contributed by atoms with E-state index in [1.54, 1.807) is 11.3 Å². The lowest BCUT2D eigenvalue weighted by Crippen LogP contribution is -2.00. The van der Waals surface area contributed by atoms with Crippen LogP contribution in [0.2, 0.25) is 0 Å². The van der Waals surface area contributed by atoms with Crippen LogP contribution in [0.5, 0.6) is 0 Å². The molecule has 0 radical (unpaired) electrons. The average Bonchev–Trinajstić information content (AvgIpc) is 2.87. The molecule has 1 aliphatic carbocycles. The highest BCUT2D eigenvalue weighted by Gasteiger charge is 2.28. The monoisotopic (exact) mass is 258 g/mol. The van der Waals surface area contributed by atoms with E-state index in [1.165, 1.54) is 4.88 Å². The number of hydrogen-bond acceptors (Lipinski definition) is 2. The standard InChI is InChI=1S/C10H11BrOS/c11-8-5-9(13-6-8)3-4-10(12)7-1-2-7/h5-7H,1-4H2. The number of carbonyl (C=O) groups is 1. The van der Waals surface area contributed by atoms with Gasteiger partial charge in [-0.3, -0.25) is 4.79 Å². The van der Waals surface area contributed by atoms with Gasteiger partial charge in [-0.05, 0) is 41.3 Å². The summed E-state index contributed by atoms with van der Waals surface area (Å²) in [6, 6.07) is 2.10. The maximum Gasteiger partial charge on any atom is 0.136 e. The molecule has 1 aromatic heterocycles. The van der Waals surface area contributed by atoms with E-state index in [0.717, 1.165) is 30.2 Å². The van der Waals surface area contributed by atoms with Gasteiger partial charge in [-0.1, -0.05) is 0 Å². The van der Waals surface area contributed by atoms with E-state index < -0.39 is 0 Å². The second-order valence-corrected chi connectivity index (χ2v) is 5.38. The van der Waals surface area contributed by atoms with Crippen LogP contribution in [0.3, 0.4) is 0 Å². The molecule has 0 atom stereocenters. The van der Waals surface area contributed by atoms with E-state index in [0.29, 0.717) is 11.7 Å². The zero-order valence-electron chi connectivity index (χ0n) is 7.25. The molecule has 1 aliphatic rings. The van der Waals surface area contributed by atoms with Crippen LogP contribution in [-0.2, 0) is 11.2 Å². The molecule has 0 unspecified atom stereocenters. The fourth-order valence-electron chi connectivity index (χ4n) is 1.34. The fourth-order valence-corrected chi connectivity index (χ4v) is 2.80. The van der Waals surface area contributed by atoms with E-state index in [4.69, 9.17) is 0 Å². The highest BCUT2D eigenvalue weighted by Crippen LogP contribution is 2.31. The number of aryl methyl sites for hydroxylation is 1. The van der Waals surface area contributed by atoms with Crippen LogP contribution in [-0.4, -0.2) is 5.78 Å². The summed E-state index contributed by atoms with van der Waals surface area (Å²) < 4.78 is 1.13. The third-order valence-corrected chi connectivity index (χ3v) is 4.03. The molecule has 0 bridgehead atoms. The highest BCUT2D eigenvalue weighted by molar-refractivity contribution is 9.10. The Morgan fingerprint density at radius 3 is 2.92 bits per heavy atom. The molecule has 70 valence electrons. The van der Waals surface area contributed by atoms with Gasteiger partial charge >= 0.3 is 0 Å². The predicted molar refractivity (Wildman–Crippen MR) is 58.1 cm³/mol. The minimum absolute atomic E-state index is 0.420. The Hall–Kier alpha value is -0.150. The molecular formula is C10H11BrOS. The SMILES string of the molecule is O=C(CCc1cc(Br)cs1)C1CC1. The topological polar surface area (TPSA) is 17.1 Å². The molecule has 1 fully saturated rings. The van der Waals surface area contributed by atoms with Gasteiger partial charge in [0.25, 0.3) is 0 Å². The third-order valence-electron chi connectivity index (χ3n) is 2.27. The van der Waals surface area contributed by atoms with Gasteiger partial charge in [0.15, 0.2) is 0 Å². The molecule has 0 N–H and O–H groups in total. The summed E-state index contributed by atoms with van der Waals surface area (Å²) in [5.41, 5.74) is 0. The van der Waals surface area contributed by atoms with Crippen LogP contribution in [0.4, 0.5) is 0 Å².